The molecule has 0 saturated heterocycles. The number of aromatic nitrogens is 1. The zero-order valence-corrected chi connectivity index (χ0v) is 7.91. The number of nitriles is 1. The molecule has 3 rings (SSSR count). The first-order valence-corrected chi connectivity index (χ1v) is 4.65. The quantitative estimate of drug-likeness (QED) is 0.765. The van der Waals surface area contributed by atoms with Gasteiger partial charge < -0.3 is 14.5 Å². The van der Waals surface area contributed by atoms with E-state index in [1.165, 1.54) is 0 Å². The molecule has 4 heteroatoms. The van der Waals surface area contributed by atoms with Gasteiger partial charge in [0.15, 0.2) is 11.5 Å². The minimum atomic E-state index is 0.273. The predicted octanol–water partition coefficient (Wildman–Crippen LogP) is 1.96. The summed E-state index contributed by atoms with van der Waals surface area (Å²) < 4.78 is 10.6. The first-order valence-electron chi connectivity index (χ1n) is 4.65. The predicted molar refractivity (Wildman–Crippen MR) is 53.7 cm³/mol. The lowest BCUT2D eigenvalue weighted by Crippen LogP contribution is -1.92. The molecule has 0 unspecified atom stereocenters. The molecule has 2 aromatic rings. The van der Waals surface area contributed by atoms with E-state index in [0.717, 1.165) is 28.0 Å². The first kappa shape index (κ1) is 8.18. The fourth-order valence-corrected chi connectivity index (χ4v) is 1.80. The maximum Gasteiger partial charge on any atom is 0.231 e. The third-order valence-corrected chi connectivity index (χ3v) is 2.53. The van der Waals surface area contributed by atoms with Gasteiger partial charge in [-0.3, -0.25) is 0 Å². The first-order chi connectivity index (χ1) is 7.38. The van der Waals surface area contributed by atoms with Crippen molar-refractivity contribution in [2.45, 2.75) is 6.42 Å². The number of nitrogens with one attached hydrogen (secondary N) is 1. The smallest absolute Gasteiger partial charge is 0.231 e. The van der Waals surface area contributed by atoms with Gasteiger partial charge in [-0.25, -0.2) is 0 Å². The molecule has 1 aromatic carbocycles. The summed E-state index contributed by atoms with van der Waals surface area (Å²) in [4.78, 5) is 3.12. The molecule has 15 heavy (non-hydrogen) atoms. The number of H-pyrrole nitrogens is 1. The second-order valence-corrected chi connectivity index (χ2v) is 3.40. The van der Waals surface area contributed by atoms with Crippen LogP contribution in [0.5, 0.6) is 11.5 Å². The molecule has 74 valence electrons. The van der Waals surface area contributed by atoms with Gasteiger partial charge in [-0.15, -0.1) is 0 Å². The molecule has 1 aliphatic rings. The van der Waals surface area contributed by atoms with Crippen molar-refractivity contribution in [3.8, 4) is 17.6 Å². The van der Waals surface area contributed by atoms with Gasteiger partial charge in [0, 0.05) is 23.2 Å². The van der Waals surface area contributed by atoms with Crippen LogP contribution < -0.4 is 9.47 Å². The number of nitrogens with zero attached hydrogens (tertiary/aromatic N) is 1. The number of hydrogen-bond acceptors (Lipinski definition) is 3. The Morgan fingerprint density at radius 3 is 2.93 bits per heavy atom. The normalized spacial score (nSPS) is 13.0. The van der Waals surface area contributed by atoms with Gasteiger partial charge in [0.05, 0.1) is 12.5 Å². The van der Waals surface area contributed by atoms with Crippen LogP contribution >= 0.6 is 0 Å². The van der Waals surface area contributed by atoms with Gasteiger partial charge in [-0.05, 0) is 11.6 Å². The molecule has 0 spiro atoms. The Kier molecular flexibility index (Phi) is 1.59. The van der Waals surface area contributed by atoms with Crippen LogP contribution in [-0.4, -0.2) is 11.8 Å². The van der Waals surface area contributed by atoms with E-state index in [0.29, 0.717) is 6.42 Å². The minimum Gasteiger partial charge on any atom is -0.454 e. The molecule has 1 N–H and O–H groups in total. The lowest BCUT2D eigenvalue weighted by molar-refractivity contribution is 0.174. The molecule has 4 nitrogen and oxygen atoms in total. The van der Waals surface area contributed by atoms with E-state index in [1.807, 2.05) is 18.3 Å². The van der Waals surface area contributed by atoms with Crippen molar-refractivity contribution in [3.63, 3.8) is 0 Å². The molecule has 0 fully saturated rings. The Labute approximate surface area is 86.0 Å². The number of fused-ring (bicyclic) bond motifs is 2. The Bertz CT molecular complexity index is 566. The van der Waals surface area contributed by atoms with Gasteiger partial charge in [0.25, 0.3) is 0 Å². The second kappa shape index (κ2) is 2.92. The molecule has 1 aliphatic heterocycles. The second-order valence-electron chi connectivity index (χ2n) is 3.40. The lowest BCUT2D eigenvalue weighted by atomic mass is 10.1. The molecule has 0 saturated carbocycles. The number of benzene rings is 1. The summed E-state index contributed by atoms with van der Waals surface area (Å²) in [5, 5.41) is 9.70. The van der Waals surface area contributed by atoms with Crippen LogP contribution in [0, 0.1) is 11.3 Å². The van der Waals surface area contributed by atoms with E-state index in [-0.39, 0.29) is 6.79 Å². The van der Waals surface area contributed by atoms with Crippen molar-refractivity contribution in [1.82, 2.24) is 4.98 Å². The summed E-state index contributed by atoms with van der Waals surface area (Å²) >= 11 is 0. The summed E-state index contributed by atoms with van der Waals surface area (Å²) in [6.07, 6.45) is 2.25. The molecule has 0 atom stereocenters. The third kappa shape index (κ3) is 1.13. The van der Waals surface area contributed by atoms with Gasteiger partial charge in [-0.2, -0.15) is 5.26 Å². The molecule has 0 radical (unpaired) electrons. The van der Waals surface area contributed by atoms with Crippen LogP contribution in [0.1, 0.15) is 5.56 Å². The standard InChI is InChI=1S/C11H8N2O2/c12-2-1-7-5-13-9-4-11-10(3-8(7)9)14-6-15-11/h3-5,13H,1,6H2. The van der Waals surface area contributed by atoms with Crippen molar-refractivity contribution in [3.05, 3.63) is 23.9 Å². The Morgan fingerprint density at radius 2 is 2.13 bits per heavy atom. The number of rotatable bonds is 1. The Balaban J connectivity index is 2.23. The maximum atomic E-state index is 8.67. The number of aromatic amines is 1. The average molecular weight is 200 g/mol. The summed E-state index contributed by atoms with van der Waals surface area (Å²) in [6.45, 7) is 0.273. The summed E-state index contributed by atoms with van der Waals surface area (Å²) in [5.41, 5.74) is 1.97. The van der Waals surface area contributed by atoms with Crippen LogP contribution in [-0.2, 0) is 6.42 Å². The van der Waals surface area contributed by atoms with E-state index in [1.54, 1.807) is 0 Å². The van der Waals surface area contributed by atoms with Crippen LogP contribution in [0.4, 0.5) is 0 Å². The highest BCUT2D eigenvalue weighted by molar-refractivity contribution is 5.87. The zero-order valence-electron chi connectivity index (χ0n) is 7.91. The highest BCUT2D eigenvalue weighted by Gasteiger charge is 2.16. The van der Waals surface area contributed by atoms with Crippen LogP contribution in [0.2, 0.25) is 0 Å². The van der Waals surface area contributed by atoms with Gasteiger partial charge >= 0.3 is 0 Å². The van der Waals surface area contributed by atoms with E-state index >= 15 is 0 Å². The topological polar surface area (TPSA) is 58.0 Å². The van der Waals surface area contributed by atoms with Gasteiger partial charge in [0.1, 0.15) is 0 Å². The molecular formula is C11H8N2O2. The number of hydrogen-bond donors (Lipinski definition) is 1. The minimum absolute atomic E-state index is 0.273. The zero-order chi connectivity index (χ0) is 10.3. The largest absolute Gasteiger partial charge is 0.454 e. The molecule has 0 aliphatic carbocycles. The van der Waals surface area contributed by atoms with Crippen molar-refractivity contribution < 1.29 is 9.47 Å². The van der Waals surface area contributed by atoms with Gasteiger partial charge in [-0.1, -0.05) is 0 Å². The van der Waals surface area contributed by atoms with Crippen molar-refractivity contribution in [1.29, 1.82) is 5.26 Å². The van der Waals surface area contributed by atoms with Crippen molar-refractivity contribution >= 4 is 10.9 Å². The SMILES string of the molecule is N#CCc1c[nH]c2cc3c(cc12)OCO3. The van der Waals surface area contributed by atoms with E-state index < -0.39 is 0 Å². The molecule has 2 heterocycles. The maximum absolute atomic E-state index is 8.67. The van der Waals surface area contributed by atoms with Gasteiger partial charge in [0.2, 0.25) is 6.79 Å². The van der Waals surface area contributed by atoms with Crippen LogP contribution in [0.15, 0.2) is 18.3 Å². The molecule has 0 amide bonds. The van der Waals surface area contributed by atoms with E-state index in [4.69, 9.17) is 14.7 Å². The highest BCUT2D eigenvalue weighted by Crippen LogP contribution is 2.36. The fourth-order valence-electron chi connectivity index (χ4n) is 1.80. The molecular weight excluding hydrogens is 192 g/mol. The average Bonchev–Trinajstić information content (AvgIpc) is 2.82. The monoisotopic (exact) mass is 200 g/mol. The summed E-state index contributed by atoms with van der Waals surface area (Å²) in [5.74, 6) is 1.51. The Hall–Kier alpha value is -2.15. The van der Waals surface area contributed by atoms with Crippen LogP contribution in [0.25, 0.3) is 10.9 Å². The van der Waals surface area contributed by atoms with Crippen molar-refractivity contribution in [2.24, 2.45) is 0 Å². The summed E-state index contributed by atoms with van der Waals surface area (Å²) in [7, 11) is 0. The summed E-state index contributed by atoms with van der Waals surface area (Å²) in [6, 6.07) is 5.96. The fraction of sp³-hybridized carbons (Fsp3) is 0.182. The molecule has 1 aromatic heterocycles. The van der Waals surface area contributed by atoms with Crippen LogP contribution in [0.3, 0.4) is 0 Å². The number of ether oxygens (including phenoxy) is 2. The van der Waals surface area contributed by atoms with E-state index in [2.05, 4.69) is 11.1 Å². The van der Waals surface area contributed by atoms with Crippen molar-refractivity contribution in [2.75, 3.05) is 6.79 Å². The third-order valence-electron chi connectivity index (χ3n) is 2.53. The van der Waals surface area contributed by atoms with E-state index in [9.17, 15) is 0 Å². The lowest BCUT2D eigenvalue weighted by Gasteiger charge is -1.97. The Morgan fingerprint density at radius 1 is 1.33 bits per heavy atom. The highest BCUT2D eigenvalue weighted by atomic mass is 16.7. The molecule has 0 bridgehead atoms.